The second-order valence-electron chi connectivity index (χ2n) is 3.50. The Morgan fingerprint density at radius 2 is 2.06 bits per heavy atom. The summed E-state index contributed by atoms with van der Waals surface area (Å²) in [5.41, 5.74) is 0.936. The van der Waals surface area contributed by atoms with Gasteiger partial charge in [0.25, 0.3) is 0 Å². The van der Waals surface area contributed by atoms with E-state index >= 15 is 0 Å². The van der Waals surface area contributed by atoms with Crippen molar-refractivity contribution < 1.29 is 14.3 Å². The predicted octanol–water partition coefficient (Wildman–Crippen LogP) is 3.45. The molecular weight excluding hydrogens is 321 g/mol. The van der Waals surface area contributed by atoms with Gasteiger partial charge in [0.15, 0.2) is 0 Å². The Hall–Kier alpha value is -1.33. The van der Waals surface area contributed by atoms with Crippen LogP contribution in [0.15, 0.2) is 22.7 Å². The van der Waals surface area contributed by atoms with E-state index in [1.165, 1.54) is 14.2 Å². The molecular formula is C12H9BrClNO3. The molecule has 0 saturated carbocycles. The van der Waals surface area contributed by atoms with Crippen molar-refractivity contribution in [1.29, 1.82) is 0 Å². The average Bonchev–Trinajstić information content (AvgIpc) is 2.36. The smallest absolute Gasteiger partial charge is 0.343 e. The summed E-state index contributed by atoms with van der Waals surface area (Å²) in [4.78, 5) is 15.9. The lowest BCUT2D eigenvalue weighted by molar-refractivity contribution is 0.0596. The Morgan fingerprint density at radius 1 is 1.33 bits per heavy atom. The number of benzene rings is 1. The minimum Gasteiger partial charge on any atom is -0.480 e. The molecule has 1 aromatic carbocycles. The molecule has 2 rings (SSSR count). The molecule has 6 heteroatoms. The molecule has 0 N–H and O–H groups in total. The summed E-state index contributed by atoms with van der Waals surface area (Å²) in [7, 11) is 2.75. The minimum atomic E-state index is -0.502. The Labute approximate surface area is 117 Å². The molecule has 0 unspecified atom stereocenters. The quantitative estimate of drug-likeness (QED) is 0.791. The second kappa shape index (κ2) is 5.12. The number of carbonyl (C=O) groups excluding carboxylic acids is 1. The molecule has 0 amide bonds. The molecule has 18 heavy (non-hydrogen) atoms. The number of fused-ring (bicyclic) bond motifs is 1. The van der Waals surface area contributed by atoms with Gasteiger partial charge in [0.2, 0.25) is 5.88 Å². The first kappa shape index (κ1) is 13.1. The van der Waals surface area contributed by atoms with Gasteiger partial charge in [0.1, 0.15) is 5.56 Å². The number of nitrogens with zero attached hydrogens (tertiary/aromatic N) is 1. The highest BCUT2D eigenvalue weighted by Crippen LogP contribution is 2.30. The summed E-state index contributed by atoms with van der Waals surface area (Å²) in [5.74, 6) is -0.283. The maximum atomic E-state index is 11.6. The highest BCUT2D eigenvalue weighted by molar-refractivity contribution is 9.10. The lowest BCUT2D eigenvalue weighted by atomic mass is 10.1. The van der Waals surface area contributed by atoms with Crippen molar-refractivity contribution in [3.63, 3.8) is 0 Å². The summed E-state index contributed by atoms with van der Waals surface area (Å²) in [5, 5.41) is 1.28. The van der Waals surface area contributed by atoms with Crippen LogP contribution in [0.2, 0.25) is 5.02 Å². The van der Waals surface area contributed by atoms with Crippen LogP contribution in [-0.4, -0.2) is 25.2 Å². The summed E-state index contributed by atoms with van der Waals surface area (Å²) >= 11 is 9.33. The van der Waals surface area contributed by atoms with Gasteiger partial charge in [-0.15, -0.1) is 0 Å². The molecule has 0 spiro atoms. The first-order chi connectivity index (χ1) is 8.56. The summed E-state index contributed by atoms with van der Waals surface area (Å²) < 4.78 is 10.5. The first-order valence-corrected chi connectivity index (χ1v) is 6.16. The van der Waals surface area contributed by atoms with Crippen molar-refractivity contribution in [2.45, 2.75) is 0 Å². The molecule has 0 aliphatic carbocycles. The van der Waals surface area contributed by atoms with Crippen molar-refractivity contribution in [3.05, 3.63) is 33.3 Å². The zero-order chi connectivity index (χ0) is 13.3. The summed E-state index contributed by atoms with van der Waals surface area (Å²) in [6.45, 7) is 0. The van der Waals surface area contributed by atoms with Crippen molar-refractivity contribution in [2.75, 3.05) is 14.2 Å². The van der Waals surface area contributed by atoms with E-state index in [0.29, 0.717) is 10.5 Å². The van der Waals surface area contributed by atoms with Crippen molar-refractivity contribution in [2.24, 2.45) is 0 Å². The molecule has 1 aromatic heterocycles. The lowest BCUT2D eigenvalue weighted by Crippen LogP contribution is -2.05. The van der Waals surface area contributed by atoms with E-state index in [9.17, 15) is 4.79 Å². The maximum Gasteiger partial charge on any atom is 0.343 e. The molecule has 94 valence electrons. The predicted molar refractivity (Wildman–Crippen MR) is 72.3 cm³/mol. The standard InChI is InChI=1S/C12H9BrClNO3/c1-17-11-8(12(16)18-2)4-6-3-7(14)5-9(13)10(6)15-11/h3-5H,1-2H3. The van der Waals surface area contributed by atoms with Gasteiger partial charge < -0.3 is 9.47 Å². The van der Waals surface area contributed by atoms with E-state index in [1.807, 2.05) is 0 Å². The van der Waals surface area contributed by atoms with Gasteiger partial charge in [-0.2, -0.15) is 0 Å². The van der Waals surface area contributed by atoms with Gasteiger partial charge in [-0.05, 0) is 34.1 Å². The highest BCUT2D eigenvalue weighted by Gasteiger charge is 2.16. The fraction of sp³-hybridized carbons (Fsp3) is 0.167. The zero-order valence-electron chi connectivity index (χ0n) is 9.66. The van der Waals surface area contributed by atoms with Gasteiger partial charge in [-0.1, -0.05) is 11.6 Å². The van der Waals surface area contributed by atoms with Crippen LogP contribution in [0.1, 0.15) is 10.4 Å². The summed E-state index contributed by atoms with van der Waals surface area (Å²) in [6.07, 6.45) is 0. The number of carbonyl (C=O) groups is 1. The fourth-order valence-corrected chi connectivity index (χ4v) is 2.53. The van der Waals surface area contributed by atoms with Crippen molar-refractivity contribution in [1.82, 2.24) is 4.98 Å². The molecule has 0 aliphatic heterocycles. The third-order valence-corrected chi connectivity index (χ3v) is 3.22. The summed E-state index contributed by atoms with van der Waals surface area (Å²) in [6, 6.07) is 5.10. The number of esters is 1. The van der Waals surface area contributed by atoms with Crippen LogP contribution in [0.3, 0.4) is 0 Å². The molecule has 0 fully saturated rings. The normalized spacial score (nSPS) is 10.4. The minimum absolute atomic E-state index is 0.220. The van der Waals surface area contributed by atoms with Crippen LogP contribution in [0.4, 0.5) is 0 Å². The van der Waals surface area contributed by atoms with Crippen LogP contribution in [0.25, 0.3) is 10.9 Å². The number of hydrogen-bond acceptors (Lipinski definition) is 4. The van der Waals surface area contributed by atoms with E-state index < -0.39 is 5.97 Å². The number of hydrogen-bond donors (Lipinski definition) is 0. The van der Waals surface area contributed by atoms with Gasteiger partial charge in [-0.3, -0.25) is 0 Å². The van der Waals surface area contributed by atoms with Gasteiger partial charge in [0.05, 0.1) is 19.7 Å². The third-order valence-electron chi connectivity index (χ3n) is 2.40. The molecule has 2 aromatic rings. The monoisotopic (exact) mass is 329 g/mol. The lowest BCUT2D eigenvalue weighted by Gasteiger charge is -2.09. The Kier molecular flexibility index (Phi) is 3.73. The number of methoxy groups -OCH3 is 2. The molecule has 4 nitrogen and oxygen atoms in total. The number of pyridine rings is 1. The Morgan fingerprint density at radius 3 is 2.67 bits per heavy atom. The number of halogens is 2. The van der Waals surface area contributed by atoms with Crippen molar-refractivity contribution in [3.8, 4) is 5.88 Å². The topological polar surface area (TPSA) is 48.4 Å². The van der Waals surface area contributed by atoms with Crippen molar-refractivity contribution >= 4 is 44.4 Å². The van der Waals surface area contributed by atoms with Crippen LogP contribution in [0, 0.1) is 0 Å². The van der Waals surface area contributed by atoms with E-state index in [2.05, 4.69) is 25.7 Å². The fourth-order valence-electron chi connectivity index (χ4n) is 1.60. The number of aromatic nitrogens is 1. The van der Waals surface area contributed by atoms with Crippen LogP contribution >= 0.6 is 27.5 Å². The van der Waals surface area contributed by atoms with Gasteiger partial charge in [-0.25, -0.2) is 9.78 Å². The SMILES string of the molecule is COC(=O)c1cc2cc(Cl)cc(Br)c2nc1OC. The van der Waals surface area contributed by atoms with E-state index in [-0.39, 0.29) is 11.4 Å². The van der Waals surface area contributed by atoms with Crippen LogP contribution < -0.4 is 4.74 Å². The van der Waals surface area contributed by atoms with E-state index in [0.717, 1.165) is 9.86 Å². The Bertz CT molecular complexity index is 630. The third kappa shape index (κ3) is 2.28. The molecule has 0 atom stereocenters. The number of rotatable bonds is 2. The second-order valence-corrected chi connectivity index (χ2v) is 4.79. The molecule has 1 heterocycles. The molecule has 0 saturated heterocycles. The zero-order valence-corrected chi connectivity index (χ0v) is 12.0. The molecule has 0 aliphatic rings. The van der Waals surface area contributed by atoms with Crippen LogP contribution in [-0.2, 0) is 4.74 Å². The van der Waals surface area contributed by atoms with E-state index in [4.69, 9.17) is 16.3 Å². The maximum absolute atomic E-state index is 11.6. The number of ether oxygens (including phenoxy) is 2. The molecule has 0 radical (unpaired) electrons. The van der Waals surface area contributed by atoms with Crippen LogP contribution in [0.5, 0.6) is 5.88 Å². The Balaban J connectivity index is 2.77. The van der Waals surface area contributed by atoms with Gasteiger partial charge in [0, 0.05) is 14.9 Å². The molecule has 0 bridgehead atoms. The first-order valence-electron chi connectivity index (χ1n) is 4.99. The largest absolute Gasteiger partial charge is 0.480 e. The van der Waals surface area contributed by atoms with E-state index in [1.54, 1.807) is 18.2 Å². The highest BCUT2D eigenvalue weighted by atomic mass is 79.9. The van der Waals surface area contributed by atoms with Gasteiger partial charge >= 0.3 is 5.97 Å². The average molecular weight is 331 g/mol.